The van der Waals surface area contributed by atoms with Crippen molar-refractivity contribution in [2.45, 2.75) is 12.5 Å². The van der Waals surface area contributed by atoms with E-state index in [1.54, 1.807) is 0 Å². The second-order valence-corrected chi connectivity index (χ2v) is 2.52. The van der Waals surface area contributed by atoms with E-state index in [0.29, 0.717) is 0 Å². The Balaban J connectivity index is 2.53. The standard InChI is InChI=1S/C5H6N2O3S/c8-3(9)1-2-4(10)7-5(11)6-2/h2H,1H2,(H,8,9)(H2,6,7,10,11)/t2-/m1/s1. The number of rotatable bonds is 2. The predicted octanol–water partition coefficient (Wildman–Crippen LogP) is -1.17. The van der Waals surface area contributed by atoms with Gasteiger partial charge in [0.05, 0.1) is 6.42 Å². The van der Waals surface area contributed by atoms with Gasteiger partial charge in [-0.3, -0.25) is 9.59 Å². The smallest absolute Gasteiger partial charge is 0.305 e. The van der Waals surface area contributed by atoms with Crippen LogP contribution in [-0.2, 0) is 9.59 Å². The van der Waals surface area contributed by atoms with Crippen LogP contribution >= 0.6 is 12.2 Å². The summed E-state index contributed by atoms with van der Waals surface area (Å²) in [6.45, 7) is 0. The molecule has 5 nitrogen and oxygen atoms in total. The van der Waals surface area contributed by atoms with E-state index in [1.807, 2.05) is 0 Å². The zero-order chi connectivity index (χ0) is 8.43. The zero-order valence-corrected chi connectivity index (χ0v) is 6.27. The molecular formula is C5H6N2O3S. The molecule has 0 spiro atoms. The molecule has 1 aliphatic rings. The van der Waals surface area contributed by atoms with Gasteiger partial charge in [0, 0.05) is 0 Å². The third kappa shape index (κ3) is 1.87. The summed E-state index contributed by atoms with van der Waals surface area (Å²) in [6, 6.07) is -0.708. The molecule has 0 aliphatic carbocycles. The number of amides is 1. The normalized spacial score (nSPS) is 22.7. The average Bonchev–Trinajstić information content (AvgIpc) is 2.09. The van der Waals surface area contributed by atoms with E-state index in [-0.39, 0.29) is 17.4 Å². The van der Waals surface area contributed by atoms with Crippen LogP contribution in [0.15, 0.2) is 0 Å². The number of carboxylic acid groups (broad SMARTS) is 1. The predicted molar refractivity (Wildman–Crippen MR) is 39.9 cm³/mol. The Hall–Kier alpha value is -1.17. The molecular weight excluding hydrogens is 168 g/mol. The van der Waals surface area contributed by atoms with Gasteiger partial charge in [-0.1, -0.05) is 0 Å². The molecule has 0 aromatic rings. The average molecular weight is 174 g/mol. The first-order chi connectivity index (χ1) is 5.09. The summed E-state index contributed by atoms with van der Waals surface area (Å²) in [4.78, 5) is 20.9. The molecule has 6 heteroatoms. The van der Waals surface area contributed by atoms with Gasteiger partial charge >= 0.3 is 5.97 Å². The Morgan fingerprint density at radius 2 is 2.36 bits per heavy atom. The zero-order valence-electron chi connectivity index (χ0n) is 5.46. The first kappa shape index (κ1) is 7.93. The van der Waals surface area contributed by atoms with Gasteiger partial charge in [-0.2, -0.15) is 0 Å². The van der Waals surface area contributed by atoms with Crippen molar-refractivity contribution in [2.24, 2.45) is 0 Å². The fraction of sp³-hybridized carbons (Fsp3) is 0.400. The number of aliphatic carboxylic acids is 1. The SMILES string of the molecule is O=C(O)C[C@H]1NC(=S)NC1=O. The van der Waals surface area contributed by atoms with Crippen LogP contribution in [0, 0.1) is 0 Å². The molecule has 1 atom stereocenters. The highest BCUT2D eigenvalue weighted by Gasteiger charge is 2.28. The van der Waals surface area contributed by atoms with E-state index in [0.717, 1.165) is 0 Å². The summed E-state index contributed by atoms with van der Waals surface area (Å²) in [7, 11) is 0. The summed E-state index contributed by atoms with van der Waals surface area (Å²) in [5.41, 5.74) is 0. The van der Waals surface area contributed by atoms with Crippen molar-refractivity contribution < 1.29 is 14.7 Å². The Labute approximate surface area is 67.8 Å². The highest BCUT2D eigenvalue weighted by molar-refractivity contribution is 7.80. The lowest BCUT2D eigenvalue weighted by Crippen LogP contribution is -2.31. The molecule has 1 aliphatic heterocycles. The van der Waals surface area contributed by atoms with Gasteiger partial charge in [0.1, 0.15) is 6.04 Å². The van der Waals surface area contributed by atoms with Gasteiger partial charge in [-0.05, 0) is 12.2 Å². The number of nitrogens with one attached hydrogen (secondary N) is 2. The molecule has 1 rings (SSSR count). The van der Waals surface area contributed by atoms with Crippen molar-refractivity contribution in [3.8, 4) is 0 Å². The molecule has 11 heavy (non-hydrogen) atoms. The lowest BCUT2D eigenvalue weighted by molar-refractivity contribution is -0.139. The van der Waals surface area contributed by atoms with Gasteiger partial charge in [-0.25, -0.2) is 0 Å². The molecule has 0 aromatic heterocycles. The minimum absolute atomic E-state index is 0.196. The fourth-order valence-corrected chi connectivity index (χ4v) is 1.02. The molecule has 1 heterocycles. The second-order valence-electron chi connectivity index (χ2n) is 2.11. The molecule has 0 saturated carbocycles. The van der Waals surface area contributed by atoms with E-state index in [2.05, 4.69) is 22.9 Å². The van der Waals surface area contributed by atoms with Crippen molar-refractivity contribution in [1.29, 1.82) is 0 Å². The Bertz CT molecular complexity index is 228. The van der Waals surface area contributed by atoms with E-state index in [4.69, 9.17) is 5.11 Å². The van der Waals surface area contributed by atoms with E-state index in [1.165, 1.54) is 0 Å². The fourth-order valence-electron chi connectivity index (χ4n) is 0.777. The van der Waals surface area contributed by atoms with Crippen molar-refractivity contribution in [2.75, 3.05) is 0 Å². The van der Waals surface area contributed by atoms with Crippen molar-refractivity contribution in [3.63, 3.8) is 0 Å². The lowest BCUT2D eigenvalue weighted by Gasteiger charge is -2.01. The van der Waals surface area contributed by atoms with Crippen LogP contribution in [0.3, 0.4) is 0 Å². The summed E-state index contributed by atoms with van der Waals surface area (Å²) >= 11 is 4.59. The monoisotopic (exact) mass is 174 g/mol. The van der Waals surface area contributed by atoms with Crippen LogP contribution in [0.2, 0.25) is 0 Å². The van der Waals surface area contributed by atoms with Gasteiger partial charge < -0.3 is 15.7 Å². The summed E-state index contributed by atoms with van der Waals surface area (Å²) in [6.07, 6.45) is -0.244. The minimum atomic E-state index is -1.03. The number of hydrogen-bond donors (Lipinski definition) is 3. The minimum Gasteiger partial charge on any atom is -0.481 e. The maximum atomic E-state index is 10.8. The molecule has 1 saturated heterocycles. The first-order valence-corrected chi connectivity index (χ1v) is 3.33. The van der Waals surface area contributed by atoms with Crippen LogP contribution in [0.25, 0.3) is 0 Å². The van der Waals surface area contributed by atoms with Gasteiger partial charge in [-0.15, -0.1) is 0 Å². The van der Waals surface area contributed by atoms with E-state index in [9.17, 15) is 9.59 Å². The van der Waals surface area contributed by atoms with E-state index >= 15 is 0 Å². The summed E-state index contributed by atoms with van der Waals surface area (Å²) in [5.74, 6) is -1.40. The molecule has 0 unspecified atom stereocenters. The number of carbonyl (C=O) groups excluding carboxylic acids is 1. The molecule has 1 amide bonds. The highest BCUT2D eigenvalue weighted by Crippen LogP contribution is 1.97. The van der Waals surface area contributed by atoms with Crippen molar-refractivity contribution in [3.05, 3.63) is 0 Å². The molecule has 60 valence electrons. The largest absolute Gasteiger partial charge is 0.481 e. The van der Waals surface area contributed by atoms with Gasteiger partial charge in [0.25, 0.3) is 0 Å². The van der Waals surface area contributed by atoms with Crippen LogP contribution in [0.1, 0.15) is 6.42 Å². The Morgan fingerprint density at radius 3 is 2.73 bits per heavy atom. The van der Waals surface area contributed by atoms with Crippen molar-refractivity contribution in [1.82, 2.24) is 10.6 Å². The quantitative estimate of drug-likeness (QED) is 0.460. The second kappa shape index (κ2) is 2.83. The molecule has 0 aromatic carbocycles. The van der Waals surface area contributed by atoms with Gasteiger partial charge in [0.15, 0.2) is 5.11 Å². The first-order valence-electron chi connectivity index (χ1n) is 2.93. The molecule has 3 N–H and O–H groups in total. The van der Waals surface area contributed by atoms with Crippen molar-refractivity contribution >= 4 is 29.2 Å². The summed E-state index contributed by atoms with van der Waals surface area (Å²) in [5, 5.41) is 13.3. The number of carbonyl (C=O) groups is 2. The van der Waals surface area contributed by atoms with Crippen LogP contribution in [0.5, 0.6) is 0 Å². The van der Waals surface area contributed by atoms with Crippen LogP contribution in [-0.4, -0.2) is 28.1 Å². The topological polar surface area (TPSA) is 78.4 Å². The third-order valence-corrected chi connectivity index (χ3v) is 1.46. The number of thiocarbonyl (C=S) groups is 1. The summed E-state index contributed by atoms with van der Waals surface area (Å²) < 4.78 is 0. The molecule has 0 bridgehead atoms. The Morgan fingerprint density at radius 1 is 1.73 bits per heavy atom. The highest BCUT2D eigenvalue weighted by atomic mass is 32.1. The number of carboxylic acids is 1. The van der Waals surface area contributed by atoms with E-state index < -0.39 is 12.0 Å². The van der Waals surface area contributed by atoms with Crippen LogP contribution < -0.4 is 10.6 Å². The molecule has 1 fully saturated rings. The third-order valence-electron chi connectivity index (χ3n) is 1.24. The Kier molecular flexibility index (Phi) is 2.04. The molecule has 0 radical (unpaired) electrons. The maximum absolute atomic E-state index is 10.8. The number of hydrogen-bond acceptors (Lipinski definition) is 3. The lowest BCUT2D eigenvalue weighted by atomic mass is 10.2. The van der Waals surface area contributed by atoms with Gasteiger partial charge in [0.2, 0.25) is 5.91 Å². The maximum Gasteiger partial charge on any atom is 0.305 e. The van der Waals surface area contributed by atoms with Crippen LogP contribution in [0.4, 0.5) is 0 Å².